The lowest BCUT2D eigenvalue weighted by molar-refractivity contribution is 0.775. The fraction of sp³-hybridized carbons (Fsp3) is 0.273. The molecule has 0 atom stereocenters. The minimum atomic E-state index is 0.669. The Morgan fingerprint density at radius 1 is 1.35 bits per heavy atom. The zero-order valence-electron chi connectivity index (χ0n) is 9.06. The van der Waals surface area contributed by atoms with Crippen LogP contribution in [-0.2, 0) is 6.42 Å². The van der Waals surface area contributed by atoms with E-state index in [2.05, 4.69) is 14.6 Å². The molecule has 2 aromatic heterocycles. The van der Waals surface area contributed by atoms with E-state index in [1.54, 1.807) is 11.3 Å². The average Bonchev–Trinajstić information content (AvgIpc) is 2.84. The molecule has 3 aromatic rings. The van der Waals surface area contributed by atoms with Crippen molar-refractivity contribution >= 4 is 38.1 Å². The molecule has 4 nitrogen and oxygen atoms in total. The van der Waals surface area contributed by atoms with Crippen LogP contribution in [0.1, 0.15) is 12.2 Å². The second-order valence-corrected chi connectivity index (χ2v) is 5.29. The van der Waals surface area contributed by atoms with Gasteiger partial charge in [-0.3, -0.25) is 4.40 Å². The molecule has 0 spiro atoms. The van der Waals surface area contributed by atoms with E-state index in [4.69, 9.17) is 17.3 Å². The molecule has 0 unspecified atom stereocenters. The van der Waals surface area contributed by atoms with E-state index in [0.717, 1.165) is 38.9 Å². The molecule has 1 aromatic carbocycles. The van der Waals surface area contributed by atoms with Crippen molar-refractivity contribution in [2.24, 2.45) is 5.73 Å². The van der Waals surface area contributed by atoms with E-state index in [-0.39, 0.29) is 0 Å². The van der Waals surface area contributed by atoms with Gasteiger partial charge in [-0.15, -0.1) is 10.2 Å². The Morgan fingerprint density at radius 3 is 3.06 bits per heavy atom. The molecule has 0 amide bonds. The van der Waals surface area contributed by atoms with Gasteiger partial charge in [0.25, 0.3) is 0 Å². The Bertz CT molecular complexity index is 673. The van der Waals surface area contributed by atoms with Crippen molar-refractivity contribution in [3.8, 4) is 0 Å². The first-order valence-electron chi connectivity index (χ1n) is 5.42. The number of aromatic nitrogens is 3. The van der Waals surface area contributed by atoms with Crippen LogP contribution in [0.5, 0.6) is 0 Å². The Kier molecular flexibility index (Phi) is 2.74. The van der Waals surface area contributed by atoms with Crippen molar-refractivity contribution in [2.75, 3.05) is 6.54 Å². The standard InChI is InChI=1S/C11H11ClN4S/c12-7-3-4-8-9(6-7)17-11-15-14-10(16(8)11)2-1-5-13/h3-4,6H,1-2,5,13H2. The van der Waals surface area contributed by atoms with Gasteiger partial charge in [0, 0.05) is 11.4 Å². The molecule has 0 aliphatic carbocycles. The Morgan fingerprint density at radius 2 is 2.24 bits per heavy atom. The number of fused-ring (bicyclic) bond motifs is 3. The monoisotopic (exact) mass is 266 g/mol. The minimum absolute atomic E-state index is 0.669. The highest BCUT2D eigenvalue weighted by Crippen LogP contribution is 2.28. The first kappa shape index (κ1) is 11.0. The third-order valence-corrected chi connectivity index (χ3v) is 3.90. The van der Waals surface area contributed by atoms with Crippen LogP contribution in [0.2, 0.25) is 5.02 Å². The minimum Gasteiger partial charge on any atom is -0.330 e. The Balaban J connectivity index is 2.21. The molecular formula is C11H11ClN4S. The van der Waals surface area contributed by atoms with Gasteiger partial charge in [-0.05, 0) is 31.2 Å². The van der Waals surface area contributed by atoms with Crippen LogP contribution < -0.4 is 5.73 Å². The predicted molar refractivity (Wildman–Crippen MR) is 70.8 cm³/mol. The van der Waals surface area contributed by atoms with Crippen LogP contribution in [0.3, 0.4) is 0 Å². The lowest BCUT2D eigenvalue weighted by Crippen LogP contribution is -2.02. The van der Waals surface area contributed by atoms with Crippen molar-refractivity contribution < 1.29 is 0 Å². The molecule has 0 aliphatic heterocycles. The molecule has 0 radical (unpaired) electrons. The van der Waals surface area contributed by atoms with Crippen LogP contribution in [0.15, 0.2) is 18.2 Å². The summed E-state index contributed by atoms with van der Waals surface area (Å²) in [7, 11) is 0. The summed E-state index contributed by atoms with van der Waals surface area (Å²) in [5.74, 6) is 0.971. The summed E-state index contributed by atoms with van der Waals surface area (Å²) in [6.45, 7) is 0.669. The van der Waals surface area contributed by atoms with Crippen LogP contribution >= 0.6 is 22.9 Å². The molecule has 0 aliphatic rings. The number of nitrogens with two attached hydrogens (primary N) is 1. The summed E-state index contributed by atoms with van der Waals surface area (Å²) in [4.78, 5) is 0.911. The van der Waals surface area contributed by atoms with E-state index in [9.17, 15) is 0 Å². The molecule has 0 saturated heterocycles. The van der Waals surface area contributed by atoms with Crippen molar-refractivity contribution in [3.63, 3.8) is 0 Å². The molecule has 3 rings (SSSR count). The number of hydrogen-bond donors (Lipinski definition) is 1. The lowest BCUT2D eigenvalue weighted by Gasteiger charge is -1.97. The normalized spacial score (nSPS) is 11.6. The molecule has 2 N–H and O–H groups in total. The van der Waals surface area contributed by atoms with E-state index >= 15 is 0 Å². The van der Waals surface area contributed by atoms with Gasteiger partial charge < -0.3 is 5.73 Å². The van der Waals surface area contributed by atoms with Gasteiger partial charge in [0.2, 0.25) is 4.96 Å². The average molecular weight is 267 g/mol. The van der Waals surface area contributed by atoms with Crippen LogP contribution in [0, 0.1) is 0 Å². The molecule has 2 heterocycles. The first-order valence-corrected chi connectivity index (χ1v) is 6.61. The SMILES string of the molecule is NCCCc1nnc2sc3cc(Cl)ccc3n12. The van der Waals surface area contributed by atoms with Gasteiger partial charge in [-0.1, -0.05) is 22.9 Å². The zero-order chi connectivity index (χ0) is 11.8. The summed E-state index contributed by atoms with van der Waals surface area (Å²) < 4.78 is 3.22. The predicted octanol–water partition coefficient (Wildman–Crippen LogP) is 2.49. The molecule has 0 saturated carbocycles. The van der Waals surface area contributed by atoms with Gasteiger partial charge in [-0.25, -0.2) is 0 Å². The number of halogens is 1. The number of hydrogen-bond acceptors (Lipinski definition) is 4. The fourth-order valence-electron chi connectivity index (χ4n) is 1.88. The smallest absolute Gasteiger partial charge is 0.217 e. The van der Waals surface area contributed by atoms with Gasteiger partial charge in [0.15, 0.2) is 0 Å². The number of rotatable bonds is 3. The zero-order valence-corrected chi connectivity index (χ0v) is 10.6. The molecule has 6 heteroatoms. The highest BCUT2D eigenvalue weighted by Gasteiger charge is 2.11. The van der Waals surface area contributed by atoms with Gasteiger partial charge in [0.1, 0.15) is 5.82 Å². The quantitative estimate of drug-likeness (QED) is 0.792. The van der Waals surface area contributed by atoms with Crippen molar-refractivity contribution in [3.05, 3.63) is 29.0 Å². The summed E-state index contributed by atoms with van der Waals surface area (Å²) in [6.07, 6.45) is 1.78. The third kappa shape index (κ3) is 1.80. The van der Waals surface area contributed by atoms with Crippen LogP contribution in [0.4, 0.5) is 0 Å². The van der Waals surface area contributed by atoms with E-state index < -0.39 is 0 Å². The number of nitrogens with zero attached hydrogens (tertiary/aromatic N) is 3. The number of aryl methyl sites for hydroxylation is 1. The molecular weight excluding hydrogens is 256 g/mol. The largest absolute Gasteiger partial charge is 0.330 e. The van der Waals surface area contributed by atoms with Crippen LogP contribution in [-0.4, -0.2) is 21.1 Å². The Labute approximate surface area is 107 Å². The highest BCUT2D eigenvalue weighted by atomic mass is 35.5. The van der Waals surface area contributed by atoms with E-state index in [1.807, 2.05) is 18.2 Å². The Hall–Kier alpha value is -1.17. The van der Waals surface area contributed by atoms with Crippen LogP contribution in [0.25, 0.3) is 15.2 Å². The number of benzene rings is 1. The van der Waals surface area contributed by atoms with Gasteiger partial charge in [0.05, 0.1) is 10.2 Å². The molecule has 0 fully saturated rings. The van der Waals surface area contributed by atoms with Gasteiger partial charge >= 0.3 is 0 Å². The summed E-state index contributed by atoms with van der Waals surface area (Å²) in [5, 5.41) is 9.13. The van der Waals surface area contributed by atoms with E-state index in [1.165, 1.54) is 0 Å². The van der Waals surface area contributed by atoms with Crippen molar-refractivity contribution in [1.82, 2.24) is 14.6 Å². The molecule has 17 heavy (non-hydrogen) atoms. The maximum atomic E-state index is 5.98. The lowest BCUT2D eigenvalue weighted by atomic mass is 10.3. The van der Waals surface area contributed by atoms with E-state index in [0.29, 0.717) is 6.54 Å². The second-order valence-electron chi connectivity index (χ2n) is 3.84. The first-order chi connectivity index (χ1) is 8.29. The summed E-state index contributed by atoms with van der Waals surface area (Å²) >= 11 is 7.59. The van der Waals surface area contributed by atoms with Crippen molar-refractivity contribution in [2.45, 2.75) is 12.8 Å². The maximum absolute atomic E-state index is 5.98. The fourth-order valence-corrected chi connectivity index (χ4v) is 3.14. The molecule has 88 valence electrons. The topological polar surface area (TPSA) is 56.2 Å². The van der Waals surface area contributed by atoms with Crippen molar-refractivity contribution in [1.29, 1.82) is 0 Å². The third-order valence-electron chi connectivity index (χ3n) is 2.67. The number of thiazole rings is 1. The van der Waals surface area contributed by atoms with Gasteiger partial charge in [-0.2, -0.15) is 0 Å². The molecule has 0 bridgehead atoms. The summed E-state index contributed by atoms with van der Waals surface area (Å²) in [5.41, 5.74) is 6.64. The summed E-state index contributed by atoms with van der Waals surface area (Å²) in [6, 6.07) is 5.86. The second kappa shape index (κ2) is 4.25. The highest BCUT2D eigenvalue weighted by molar-refractivity contribution is 7.23. The maximum Gasteiger partial charge on any atom is 0.217 e.